The first kappa shape index (κ1) is 13.8. The van der Waals surface area contributed by atoms with Crippen LogP contribution in [-0.2, 0) is 6.54 Å². The van der Waals surface area contributed by atoms with E-state index >= 15 is 0 Å². The molecule has 2 heterocycles. The summed E-state index contributed by atoms with van der Waals surface area (Å²) in [6, 6.07) is 5.89. The number of nitrogens with one attached hydrogen (secondary N) is 2. The first-order valence-electron chi connectivity index (χ1n) is 6.29. The van der Waals surface area contributed by atoms with Crippen molar-refractivity contribution in [2.45, 2.75) is 13.0 Å². The van der Waals surface area contributed by atoms with Crippen LogP contribution in [0.15, 0.2) is 43.0 Å². The molecular formula is C14H17ClN4. The second-order valence-corrected chi connectivity index (χ2v) is 4.58. The molecule has 2 N–H and O–H groups in total. The van der Waals surface area contributed by atoms with Crippen LogP contribution in [0.1, 0.15) is 12.0 Å². The summed E-state index contributed by atoms with van der Waals surface area (Å²) in [7, 11) is 0. The molecule has 0 aliphatic carbocycles. The van der Waals surface area contributed by atoms with Crippen molar-refractivity contribution in [3.8, 4) is 0 Å². The standard InChI is InChI=1S/C14H17ClN4/c15-13-11-18-8-4-14(13)19-7-2-6-17-10-12-3-1-5-16-9-12/h1,3-5,8-9,11,17H,2,6-7,10H2,(H,18,19). The SMILES string of the molecule is Clc1cnccc1NCCCNCc1cccnc1. The minimum atomic E-state index is 0.658. The number of halogens is 1. The Kier molecular flexibility index (Phi) is 5.59. The average molecular weight is 277 g/mol. The van der Waals surface area contributed by atoms with Crippen LogP contribution in [0.5, 0.6) is 0 Å². The molecular weight excluding hydrogens is 260 g/mol. The van der Waals surface area contributed by atoms with Crippen molar-refractivity contribution in [2.75, 3.05) is 18.4 Å². The quantitative estimate of drug-likeness (QED) is 0.764. The van der Waals surface area contributed by atoms with E-state index < -0.39 is 0 Å². The Morgan fingerprint density at radius 3 is 2.74 bits per heavy atom. The summed E-state index contributed by atoms with van der Waals surface area (Å²) >= 11 is 6.00. The van der Waals surface area contributed by atoms with Crippen LogP contribution in [0, 0.1) is 0 Å². The van der Waals surface area contributed by atoms with Crippen molar-refractivity contribution < 1.29 is 0 Å². The molecule has 0 fully saturated rings. The summed E-state index contributed by atoms with van der Waals surface area (Å²) in [5.74, 6) is 0. The smallest absolute Gasteiger partial charge is 0.0820 e. The summed E-state index contributed by atoms with van der Waals surface area (Å²) < 4.78 is 0. The molecule has 0 saturated carbocycles. The maximum atomic E-state index is 6.00. The van der Waals surface area contributed by atoms with Gasteiger partial charge >= 0.3 is 0 Å². The lowest BCUT2D eigenvalue weighted by atomic mass is 10.3. The minimum Gasteiger partial charge on any atom is -0.384 e. The van der Waals surface area contributed by atoms with Gasteiger partial charge in [-0.15, -0.1) is 0 Å². The molecule has 0 aliphatic heterocycles. The molecule has 0 aromatic carbocycles. The van der Waals surface area contributed by atoms with Gasteiger partial charge in [0.25, 0.3) is 0 Å². The summed E-state index contributed by atoms with van der Waals surface area (Å²) in [6.07, 6.45) is 8.06. The van der Waals surface area contributed by atoms with E-state index in [1.807, 2.05) is 18.3 Å². The average Bonchev–Trinajstić information content (AvgIpc) is 2.45. The van der Waals surface area contributed by atoms with Gasteiger partial charge in [0, 0.05) is 37.9 Å². The molecule has 0 amide bonds. The number of aromatic nitrogens is 2. The highest BCUT2D eigenvalue weighted by atomic mass is 35.5. The molecule has 0 saturated heterocycles. The van der Waals surface area contributed by atoms with E-state index in [2.05, 4.69) is 26.7 Å². The number of hydrogen-bond donors (Lipinski definition) is 2. The normalized spacial score (nSPS) is 10.4. The summed E-state index contributed by atoms with van der Waals surface area (Å²) in [6.45, 7) is 2.68. The molecule has 100 valence electrons. The topological polar surface area (TPSA) is 49.8 Å². The molecule has 0 bridgehead atoms. The highest BCUT2D eigenvalue weighted by molar-refractivity contribution is 6.33. The van der Waals surface area contributed by atoms with Crippen LogP contribution >= 0.6 is 11.6 Å². The molecule has 0 spiro atoms. The Morgan fingerprint density at radius 2 is 1.95 bits per heavy atom. The van der Waals surface area contributed by atoms with E-state index in [9.17, 15) is 0 Å². The number of nitrogens with zero attached hydrogens (tertiary/aromatic N) is 2. The fourth-order valence-corrected chi connectivity index (χ4v) is 1.88. The second kappa shape index (κ2) is 7.71. The first-order valence-corrected chi connectivity index (χ1v) is 6.67. The third-order valence-corrected chi connectivity index (χ3v) is 2.97. The van der Waals surface area contributed by atoms with Gasteiger partial charge in [-0.2, -0.15) is 0 Å². The van der Waals surface area contributed by atoms with Crippen LogP contribution in [-0.4, -0.2) is 23.1 Å². The van der Waals surface area contributed by atoms with Gasteiger partial charge in [-0.25, -0.2) is 0 Å². The lowest BCUT2D eigenvalue weighted by Crippen LogP contribution is -2.17. The molecule has 0 radical (unpaired) electrons. The van der Waals surface area contributed by atoms with Gasteiger partial charge in [0.15, 0.2) is 0 Å². The fourth-order valence-electron chi connectivity index (χ4n) is 1.69. The monoisotopic (exact) mass is 276 g/mol. The van der Waals surface area contributed by atoms with Gasteiger partial charge in [0.05, 0.1) is 10.7 Å². The molecule has 2 aromatic heterocycles. The maximum Gasteiger partial charge on any atom is 0.0820 e. The lowest BCUT2D eigenvalue weighted by Gasteiger charge is -2.08. The summed E-state index contributed by atoms with van der Waals surface area (Å²) in [5.41, 5.74) is 2.14. The highest BCUT2D eigenvalue weighted by Crippen LogP contribution is 2.18. The molecule has 4 nitrogen and oxygen atoms in total. The number of rotatable bonds is 7. The Hall–Kier alpha value is -1.65. The van der Waals surface area contributed by atoms with Gasteiger partial charge < -0.3 is 10.6 Å². The van der Waals surface area contributed by atoms with E-state index in [0.29, 0.717) is 5.02 Å². The molecule has 0 unspecified atom stereocenters. The van der Waals surface area contributed by atoms with Gasteiger partial charge in [0.1, 0.15) is 0 Å². The number of hydrogen-bond acceptors (Lipinski definition) is 4. The second-order valence-electron chi connectivity index (χ2n) is 4.17. The number of pyridine rings is 2. The predicted octanol–water partition coefficient (Wildman–Crippen LogP) is 2.72. The third-order valence-electron chi connectivity index (χ3n) is 2.67. The van der Waals surface area contributed by atoms with Crippen LogP contribution in [0.4, 0.5) is 5.69 Å². The van der Waals surface area contributed by atoms with Crippen LogP contribution in [0.25, 0.3) is 0 Å². The summed E-state index contributed by atoms with van der Waals surface area (Å²) in [4.78, 5) is 8.02. The van der Waals surface area contributed by atoms with Crippen molar-refractivity contribution in [2.24, 2.45) is 0 Å². The van der Waals surface area contributed by atoms with E-state index in [1.165, 1.54) is 5.56 Å². The zero-order valence-corrected chi connectivity index (χ0v) is 11.4. The molecule has 19 heavy (non-hydrogen) atoms. The van der Waals surface area contributed by atoms with Gasteiger partial charge in [-0.05, 0) is 30.7 Å². The first-order chi connectivity index (χ1) is 9.36. The van der Waals surface area contributed by atoms with Crippen molar-refractivity contribution in [1.29, 1.82) is 0 Å². The zero-order chi connectivity index (χ0) is 13.3. The molecule has 0 aliphatic rings. The number of anilines is 1. The van der Waals surface area contributed by atoms with Crippen molar-refractivity contribution >= 4 is 17.3 Å². The van der Waals surface area contributed by atoms with Crippen LogP contribution in [0.3, 0.4) is 0 Å². The fraction of sp³-hybridized carbons (Fsp3) is 0.286. The molecule has 5 heteroatoms. The van der Waals surface area contributed by atoms with E-state index in [-0.39, 0.29) is 0 Å². The van der Waals surface area contributed by atoms with Crippen molar-refractivity contribution in [1.82, 2.24) is 15.3 Å². The Morgan fingerprint density at radius 1 is 1.05 bits per heavy atom. The molecule has 0 atom stereocenters. The maximum absolute atomic E-state index is 6.00. The molecule has 2 aromatic rings. The minimum absolute atomic E-state index is 0.658. The molecule has 2 rings (SSSR count). The largest absolute Gasteiger partial charge is 0.384 e. The van der Waals surface area contributed by atoms with Crippen molar-refractivity contribution in [3.63, 3.8) is 0 Å². The van der Waals surface area contributed by atoms with Crippen LogP contribution < -0.4 is 10.6 Å². The van der Waals surface area contributed by atoms with Crippen LogP contribution in [0.2, 0.25) is 5.02 Å². The van der Waals surface area contributed by atoms with Gasteiger partial charge in [-0.3, -0.25) is 9.97 Å². The Balaban J connectivity index is 1.59. The van der Waals surface area contributed by atoms with E-state index in [4.69, 9.17) is 11.6 Å². The van der Waals surface area contributed by atoms with Crippen molar-refractivity contribution in [3.05, 3.63) is 53.6 Å². The lowest BCUT2D eigenvalue weighted by molar-refractivity contribution is 0.662. The summed E-state index contributed by atoms with van der Waals surface area (Å²) in [5, 5.41) is 7.32. The van der Waals surface area contributed by atoms with Gasteiger partial charge in [-0.1, -0.05) is 17.7 Å². The Labute approximate surface area is 118 Å². The van der Waals surface area contributed by atoms with Gasteiger partial charge in [0.2, 0.25) is 0 Å². The zero-order valence-electron chi connectivity index (χ0n) is 10.6. The van der Waals surface area contributed by atoms with E-state index in [1.54, 1.807) is 18.6 Å². The predicted molar refractivity (Wildman–Crippen MR) is 78.3 cm³/mol. The Bertz CT molecular complexity index is 490. The highest BCUT2D eigenvalue weighted by Gasteiger charge is 1.97. The third kappa shape index (κ3) is 4.85. The van der Waals surface area contributed by atoms with E-state index in [0.717, 1.165) is 31.7 Å².